The largest absolute Gasteiger partial charge is 0.493 e. The number of aromatic nitrogens is 3. The van der Waals surface area contributed by atoms with Gasteiger partial charge in [-0.2, -0.15) is 9.97 Å². The van der Waals surface area contributed by atoms with Gasteiger partial charge in [0.15, 0.2) is 17.1 Å². The second kappa shape index (κ2) is 9.45. The van der Waals surface area contributed by atoms with Crippen LogP contribution < -0.4 is 31.0 Å². The maximum absolute atomic E-state index is 6.00. The first-order valence-electron chi connectivity index (χ1n) is 8.69. The van der Waals surface area contributed by atoms with Crippen LogP contribution in [0.25, 0.3) is 11.0 Å². The zero-order chi connectivity index (χ0) is 21.6. The summed E-state index contributed by atoms with van der Waals surface area (Å²) in [6.07, 6.45) is 1.74. The van der Waals surface area contributed by atoms with E-state index in [1.165, 1.54) is 0 Å². The Morgan fingerprint density at radius 1 is 1.00 bits per heavy atom. The topological polar surface area (TPSA) is 130 Å². The molecule has 0 atom stereocenters. The van der Waals surface area contributed by atoms with Crippen LogP contribution in [-0.4, -0.2) is 36.3 Å². The highest BCUT2D eigenvalue weighted by atomic mass is 16.5. The number of rotatable bonds is 6. The summed E-state index contributed by atoms with van der Waals surface area (Å²) < 4.78 is 16.1. The lowest BCUT2D eigenvalue weighted by Crippen LogP contribution is -2.07. The van der Waals surface area contributed by atoms with Crippen LogP contribution in [0.3, 0.4) is 0 Å². The number of ether oxygens (including phenoxy) is 3. The number of benzene rings is 1. The van der Waals surface area contributed by atoms with Crippen LogP contribution in [0.1, 0.15) is 11.1 Å². The SMILES string of the molecule is C=C.COc1cc(NCc2cnc3nc(N)nc(N)c3c2C)cc(OC)c1OC. The molecule has 1 aromatic carbocycles. The maximum Gasteiger partial charge on any atom is 0.224 e. The van der Waals surface area contributed by atoms with Gasteiger partial charge in [-0.1, -0.05) is 0 Å². The smallest absolute Gasteiger partial charge is 0.224 e. The number of nitrogens with two attached hydrogens (primary N) is 2. The van der Waals surface area contributed by atoms with E-state index in [0.717, 1.165) is 16.8 Å². The molecule has 2 heterocycles. The number of methoxy groups -OCH3 is 3. The molecule has 9 heteroatoms. The standard InChI is InChI=1S/C18H22N6O3.C2H4/c1-9-10(8-22-17-14(9)16(19)23-18(20)24-17)7-21-11-5-12(25-2)15(27-4)13(6-11)26-3;1-2/h5-6,8,21H,7H2,1-4H3,(H4,19,20,22,23,24);1-2H2. The zero-order valence-corrected chi connectivity index (χ0v) is 17.1. The number of nitrogens with one attached hydrogen (secondary N) is 1. The molecule has 0 saturated heterocycles. The predicted octanol–water partition coefficient (Wildman–Crippen LogP) is 2.94. The molecule has 0 aliphatic heterocycles. The Hall–Kier alpha value is -3.75. The van der Waals surface area contributed by atoms with E-state index in [2.05, 4.69) is 33.4 Å². The minimum absolute atomic E-state index is 0.107. The third-order valence-electron chi connectivity index (χ3n) is 4.28. The van der Waals surface area contributed by atoms with Gasteiger partial charge < -0.3 is 31.0 Å². The van der Waals surface area contributed by atoms with Gasteiger partial charge in [0.25, 0.3) is 0 Å². The van der Waals surface area contributed by atoms with E-state index in [1.807, 2.05) is 19.1 Å². The third kappa shape index (κ3) is 4.40. The molecule has 29 heavy (non-hydrogen) atoms. The molecular formula is C20H26N6O3. The van der Waals surface area contributed by atoms with Gasteiger partial charge in [0.1, 0.15) is 5.82 Å². The van der Waals surface area contributed by atoms with Crippen molar-refractivity contribution in [3.63, 3.8) is 0 Å². The first-order chi connectivity index (χ1) is 14.0. The molecule has 3 aromatic rings. The van der Waals surface area contributed by atoms with Crippen LogP contribution in [0.2, 0.25) is 0 Å². The summed E-state index contributed by atoms with van der Waals surface area (Å²) in [4.78, 5) is 12.5. The number of fused-ring (bicyclic) bond motifs is 1. The molecule has 154 valence electrons. The molecule has 2 aromatic heterocycles. The Morgan fingerprint density at radius 3 is 2.17 bits per heavy atom. The van der Waals surface area contributed by atoms with Gasteiger partial charge in [0.2, 0.25) is 11.7 Å². The van der Waals surface area contributed by atoms with Gasteiger partial charge in [-0.05, 0) is 18.1 Å². The lowest BCUT2D eigenvalue weighted by molar-refractivity contribution is 0.324. The van der Waals surface area contributed by atoms with E-state index in [0.29, 0.717) is 40.6 Å². The van der Waals surface area contributed by atoms with Crippen LogP contribution in [0, 0.1) is 6.92 Å². The quantitative estimate of drug-likeness (QED) is 0.536. The fourth-order valence-electron chi connectivity index (χ4n) is 2.89. The van der Waals surface area contributed by atoms with Gasteiger partial charge in [-0.15, -0.1) is 13.2 Å². The summed E-state index contributed by atoms with van der Waals surface area (Å²) in [6.45, 7) is 8.46. The summed E-state index contributed by atoms with van der Waals surface area (Å²) in [5.74, 6) is 2.10. The minimum atomic E-state index is 0.107. The number of hydrogen-bond donors (Lipinski definition) is 3. The van der Waals surface area contributed by atoms with Crippen molar-refractivity contribution in [1.29, 1.82) is 0 Å². The Labute approximate surface area is 169 Å². The molecule has 9 nitrogen and oxygen atoms in total. The second-order valence-electron chi connectivity index (χ2n) is 5.84. The number of aryl methyl sites for hydroxylation is 1. The Balaban J connectivity index is 0.00000145. The maximum atomic E-state index is 6.00. The first kappa shape index (κ1) is 21.5. The lowest BCUT2D eigenvalue weighted by atomic mass is 10.1. The number of pyridine rings is 1. The predicted molar refractivity (Wildman–Crippen MR) is 116 cm³/mol. The highest BCUT2D eigenvalue weighted by Gasteiger charge is 2.14. The molecular weight excluding hydrogens is 372 g/mol. The number of hydrogen-bond acceptors (Lipinski definition) is 9. The van der Waals surface area contributed by atoms with Crippen molar-refractivity contribution in [1.82, 2.24) is 15.0 Å². The van der Waals surface area contributed by atoms with Crippen LogP contribution in [0.15, 0.2) is 31.5 Å². The van der Waals surface area contributed by atoms with Gasteiger partial charge in [-0.3, -0.25) is 0 Å². The molecule has 0 amide bonds. The van der Waals surface area contributed by atoms with Gasteiger partial charge >= 0.3 is 0 Å². The highest BCUT2D eigenvalue weighted by molar-refractivity contribution is 5.90. The van der Waals surface area contributed by atoms with E-state index in [-0.39, 0.29) is 5.95 Å². The Bertz CT molecular complexity index is 984. The average molecular weight is 398 g/mol. The van der Waals surface area contributed by atoms with E-state index in [1.54, 1.807) is 27.5 Å². The van der Waals surface area contributed by atoms with Crippen molar-refractivity contribution < 1.29 is 14.2 Å². The fraction of sp³-hybridized carbons (Fsp3) is 0.250. The van der Waals surface area contributed by atoms with Crippen LogP contribution in [0.4, 0.5) is 17.5 Å². The van der Waals surface area contributed by atoms with Crippen molar-refractivity contribution >= 4 is 28.5 Å². The van der Waals surface area contributed by atoms with Crippen molar-refractivity contribution in [3.05, 3.63) is 42.6 Å². The van der Waals surface area contributed by atoms with Crippen molar-refractivity contribution in [2.75, 3.05) is 38.1 Å². The minimum Gasteiger partial charge on any atom is -0.493 e. The summed E-state index contributed by atoms with van der Waals surface area (Å²) in [5.41, 5.74) is 14.8. The molecule has 0 bridgehead atoms. The number of nitrogens with zero attached hydrogens (tertiary/aromatic N) is 3. The molecule has 0 radical (unpaired) electrons. The molecule has 0 aliphatic carbocycles. The average Bonchev–Trinajstić information content (AvgIpc) is 2.73. The highest BCUT2D eigenvalue weighted by Crippen LogP contribution is 2.40. The van der Waals surface area contributed by atoms with Crippen LogP contribution in [0.5, 0.6) is 17.2 Å². The van der Waals surface area contributed by atoms with Crippen LogP contribution in [-0.2, 0) is 6.54 Å². The normalized spacial score (nSPS) is 10.1. The van der Waals surface area contributed by atoms with E-state index < -0.39 is 0 Å². The molecule has 3 rings (SSSR count). The molecule has 5 N–H and O–H groups in total. The second-order valence-corrected chi connectivity index (χ2v) is 5.84. The van der Waals surface area contributed by atoms with Gasteiger partial charge in [0.05, 0.1) is 26.7 Å². The van der Waals surface area contributed by atoms with Gasteiger partial charge in [-0.25, -0.2) is 4.98 Å². The third-order valence-corrected chi connectivity index (χ3v) is 4.28. The van der Waals surface area contributed by atoms with Gasteiger partial charge in [0, 0.05) is 30.6 Å². The molecule has 0 fully saturated rings. The zero-order valence-electron chi connectivity index (χ0n) is 17.1. The molecule has 0 spiro atoms. The van der Waals surface area contributed by atoms with Crippen LogP contribution >= 0.6 is 0 Å². The summed E-state index contributed by atoms with van der Waals surface area (Å²) in [6, 6.07) is 3.67. The molecule has 0 saturated carbocycles. The van der Waals surface area contributed by atoms with E-state index in [9.17, 15) is 0 Å². The molecule has 0 aliphatic rings. The van der Waals surface area contributed by atoms with Crippen molar-refractivity contribution in [2.24, 2.45) is 0 Å². The number of nitrogen functional groups attached to an aromatic ring is 2. The first-order valence-corrected chi connectivity index (χ1v) is 8.69. The summed E-state index contributed by atoms with van der Waals surface area (Å²) >= 11 is 0. The summed E-state index contributed by atoms with van der Waals surface area (Å²) in [7, 11) is 4.72. The Kier molecular flexibility index (Phi) is 7.02. The Morgan fingerprint density at radius 2 is 1.62 bits per heavy atom. The van der Waals surface area contributed by atoms with Crippen molar-refractivity contribution in [2.45, 2.75) is 13.5 Å². The van der Waals surface area contributed by atoms with Crippen molar-refractivity contribution in [3.8, 4) is 17.2 Å². The van der Waals surface area contributed by atoms with E-state index >= 15 is 0 Å². The monoisotopic (exact) mass is 398 g/mol. The van der Waals surface area contributed by atoms with E-state index in [4.69, 9.17) is 25.7 Å². The molecule has 0 unspecified atom stereocenters. The fourth-order valence-corrected chi connectivity index (χ4v) is 2.89. The summed E-state index contributed by atoms with van der Waals surface area (Å²) in [5, 5.41) is 4.04. The number of anilines is 3. The lowest BCUT2D eigenvalue weighted by Gasteiger charge is -2.16.